The van der Waals surface area contributed by atoms with Gasteiger partial charge in [-0.3, -0.25) is 0 Å². The van der Waals surface area contributed by atoms with E-state index in [1.54, 1.807) is 0 Å². The fourth-order valence-electron chi connectivity index (χ4n) is 4.92. The van der Waals surface area contributed by atoms with Crippen LogP contribution < -0.4 is 0 Å². The maximum absolute atomic E-state index is 7.30. The van der Waals surface area contributed by atoms with Gasteiger partial charge in [0.1, 0.15) is 0 Å². The fourth-order valence-corrected chi connectivity index (χ4v) is 17.1. The van der Waals surface area contributed by atoms with Crippen molar-refractivity contribution in [3.8, 4) is 0 Å². The molecule has 0 aliphatic carbocycles. The zero-order chi connectivity index (χ0) is 26.0. The van der Waals surface area contributed by atoms with Crippen molar-refractivity contribution in [2.24, 2.45) is 0 Å². The highest BCUT2D eigenvalue weighted by molar-refractivity contribution is 6.81. The molecule has 0 aromatic carbocycles. The molecule has 0 heterocycles. The lowest BCUT2D eigenvalue weighted by molar-refractivity contribution is 0.0577. The Balaban J connectivity index is 6.24. The molecule has 0 radical (unpaired) electrons. The Kier molecular flexibility index (Phi) is 11.0. The van der Waals surface area contributed by atoms with Gasteiger partial charge >= 0.3 is 0 Å². The number of hydrogen-bond donors (Lipinski definition) is 0. The molecule has 4 atom stereocenters. The highest BCUT2D eigenvalue weighted by atomic mass is 28.4. The van der Waals surface area contributed by atoms with Crippen LogP contribution in [0.5, 0.6) is 0 Å². The molecule has 0 saturated carbocycles. The molecule has 4 unspecified atom stereocenters. The van der Waals surface area contributed by atoms with Crippen LogP contribution in [0, 0.1) is 0 Å². The van der Waals surface area contributed by atoms with Gasteiger partial charge < -0.3 is 13.3 Å². The molecule has 0 N–H and O–H groups in total. The largest absolute Gasteiger partial charge is 0.414 e. The summed E-state index contributed by atoms with van der Waals surface area (Å²) < 4.78 is 21.4. The van der Waals surface area contributed by atoms with Crippen LogP contribution in [0.3, 0.4) is 0 Å². The SMILES string of the molecule is CCC(O[Si](C)(C)C(C)(CC)O[Si](C)(C)C)C(C)(CC)[Si](C)(C)OC(C)(CC)[Si](C)(C)C. The van der Waals surface area contributed by atoms with Gasteiger partial charge in [0.15, 0.2) is 16.6 Å². The fraction of sp³-hybridized carbons (Fsp3) is 1.00. The average Bonchev–Trinajstić information content (AvgIpc) is 2.62. The summed E-state index contributed by atoms with van der Waals surface area (Å²) in [7, 11) is -7.49. The number of rotatable bonds is 14. The minimum atomic E-state index is -2.17. The van der Waals surface area contributed by atoms with Crippen molar-refractivity contribution in [2.75, 3.05) is 0 Å². The molecule has 0 rings (SSSR count). The van der Waals surface area contributed by atoms with Gasteiger partial charge in [-0.05, 0) is 85.4 Å². The summed E-state index contributed by atoms with van der Waals surface area (Å²) in [4.78, 5) is 0. The molecular formula is C25H60O3Si4. The Hall–Kier alpha value is 0.748. The first-order valence-electron chi connectivity index (χ1n) is 13.1. The topological polar surface area (TPSA) is 27.7 Å². The average molecular weight is 521 g/mol. The highest BCUT2D eigenvalue weighted by Gasteiger charge is 2.56. The van der Waals surface area contributed by atoms with Gasteiger partial charge in [-0.2, -0.15) is 0 Å². The zero-order valence-corrected chi connectivity index (χ0v) is 29.1. The van der Waals surface area contributed by atoms with Crippen LogP contribution >= 0.6 is 0 Å². The molecule has 0 amide bonds. The molecule has 0 bridgehead atoms. The lowest BCUT2D eigenvalue weighted by atomic mass is 9.98. The van der Waals surface area contributed by atoms with Gasteiger partial charge in [0.25, 0.3) is 0 Å². The Bertz CT molecular complexity index is 597. The third-order valence-electron chi connectivity index (χ3n) is 8.85. The van der Waals surface area contributed by atoms with Crippen molar-refractivity contribution in [2.45, 2.75) is 161 Å². The predicted molar refractivity (Wildman–Crippen MR) is 155 cm³/mol. The van der Waals surface area contributed by atoms with Gasteiger partial charge in [0, 0.05) is 10.3 Å². The van der Waals surface area contributed by atoms with E-state index in [0.717, 1.165) is 25.7 Å². The van der Waals surface area contributed by atoms with E-state index in [4.69, 9.17) is 13.3 Å². The molecule has 0 aromatic heterocycles. The predicted octanol–water partition coefficient (Wildman–Crippen LogP) is 8.98. The molecule has 0 fully saturated rings. The maximum Gasteiger partial charge on any atom is 0.216 e. The summed E-state index contributed by atoms with van der Waals surface area (Å²) in [5.41, 5.74) is 0. The molecule has 0 spiro atoms. The maximum atomic E-state index is 7.30. The van der Waals surface area contributed by atoms with Crippen molar-refractivity contribution < 1.29 is 13.3 Å². The Labute approximate surface area is 207 Å². The minimum Gasteiger partial charge on any atom is -0.414 e. The van der Waals surface area contributed by atoms with Crippen LogP contribution in [0.4, 0.5) is 0 Å². The standard InChI is InChI=1S/C25H60O3Si4/c1-18-22(26-32(16,17)25(7,21-4)27-30(11,12)13)23(5,19-2)31(14,15)28-24(6,20-3)29(8,9)10/h22H,18-21H2,1-17H3. The lowest BCUT2D eigenvalue weighted by Crippen LogP contribution is -2.64. The van der Waals surface area contributed by atoms with Crippen molar-refractivity contribution in [3.63, 3.8) is 0 Å². The summed E-state index contributed by atoms with van der Waals surface area (Å²) in [6.07, 6.45) is 4.36. The zero-order valence-electron chi connectivity index (χ0n) is 25.1. The van der Waals surface area contributed by atoms with Crippen LogP contribution in [0.2, 0.25) is 70.5 Å². The Morgan fingerprint density at radius 2 is 1.03 bits per heavy atom. The molecule has 32 heavy (non-hydrogen) atoms. The van der Waals surface area contributed by atoms with Gasteiger partial charge in [-0.15, -0.1) is 0 Å². The smallest absolute Gasteiger partial charge is 0.216 e. The summed E-state index contributed by atoms with van der Waals surface area (Å²) in [6.45, 7) is 40.3. The van der Waals surface area contributed by atoms with Crippen molar-refractivity contribution in [1.82, 2.24) is 0 Å². The summed E-state index contributed by atoms with van der Waals surface area (Å²) in [6, 6.07) is 0. The van der Waals surface area contributed by atoms with Crippen molar-refractivity contribution >= 4 is 33.0 Å². The minimum absolute atomic E-state index is 0.0106. The molecule has 0 aromatic rings. The van der Waals surface area contributed by atoms with Gasteiger partial charge in [-0.1, -0.05) is 54.3 Å². The third-order valence-corrected chi connectivity index (χ3v) is 22.2. The first-order chi connectivity index (χ1) is 14.0. The van der Waals surface area contributed by atoms with E-state index < -0.39 is 33.0 Å². The van der Waals surface area contributed by atoms with E-state index in [-0.39, 0.29) is 21.6 Å². The second-order valence-electron chi connectivity index (χ2n) is 13.5. The first-order valence-corrected chi connectivity index (χ1v) is 25.8. The van der Waals surface area contributed by atoms with Crippen LogP contribution in [0.1, 0.15) is 74.1 Å². The summed E-state index contributed by atoms with van der Waals surface area (Å²) in [5, 5.41) is -0.151. The van der Waals surface area contributed by atoms with E-state index >= 15 is 0 Å². The summed E-state index contributed by atoms with van der Waals surface area (Å²) in [5.74, 6) is 0. The molecule has 7 heteroatoms. The van der Waals surface area contributed by atoms with Crippen LogP contribution in [0.15, 0.2) is 0 Å². The second kappa shape index (κ2) is 10.8. The Morgan fingerprint density at radius 1 is 0.594 bits per heavy atom. The van der Waals surface area contributed by atoms with Crippen molar-refractivity contribution in [3.05, 3.63) is 0 Å². The van der Waals surface area contributed by atoms with Gasteiger partial charge in [0.05, 0.1) is 19.4 Å². The monoisotopic (exact) mass is 520 g/mol. The molecule has 0 aliphatic heterocycles. The molecular weight excluding hydrogens is 461 g/mol. The molecule has 0 aliphatic rings. The van der Waals surface area contributed by atoms with E-state index in [2.05, 4.69) is 114 Å². The highest BCUT2D eigenvalue weighted by Crippen LogP contribution is 2.51. The van der Waals surface area contributed by atoms with Crippen LogP contribution in [0.25, 0.3) is 0 Å². The Morgan fingerprint density at radius 3 is 1.31 bits per heavy atom. The second-order valence-corrected chi connectivity index (χ2v) is 32.2. The van der Waals surface area contributed by atoms with E-state index in [9.17, 15) is 0 Å². The molecule has 0 saturated heterocycles. The molecule has 194 valence electrons. The number of hydrogen-bond acceptors (Lipinski definition) is 3. The summed E-state index contributed by atoms with van der Waals surface area (Å²) >= 11 is 0. The van der Waals surface area contributed by atoms with E-state index in [0.29, 0.717) is 0 Å². The van der Waals surface area contributed by atoms with Crippen molar-refractivity contribution in [1.29, 1.82) is 0 Å². The quantitative estimate of drug-likeness (QED) is 0.214. The first kappa shape index (κ1) is 32.7. The lowest BCUT2D eigenvalue weighted by Gasteiger charge is -2.55. The van der Waals surface area contributed by atoms with Crippen LogP contribution in [-0.4, -0.2) is 49.6 Å². The normalized spacial score (nSPS) is 20.9. The molecule has 3 nitrogen and oxygen atoms in total. The third kappa shape index (κ3) is 7.14. The van der Waals surface area contributed by atoms with E-state index in [1.807, 2.05) is 0 Å². The van der Waals surface area contributed by atoms with Gasteiger partial charge in [0.2, 0.25) is 8.32 Å². The van der Waals surface area contributed by atoms with Crippen LogP contribution in [-0.2, 0) is 13.3 Å². The van der Waals surface area contributed by atoms with E-state index in [1.165, 1.54) is 0 Å². The van der Waals surface area contributed by atoms with Gasteiger partial charge in [-0.25, -0.2) is 0 Å².